The fraction of sp³-hybridized carbons (Fsp3) is 0.174. The monoisotopic (exact) mass is 406 g/mol. The zero-order chi connectivity index (χ0) is 20.4. The smallest absolute Gasteiger partial charge is 0.255 e. The van der Waals surface area contributed by atoms with Crippen LogP contribution in [0, 0.1) is 0 Å². The van der Waals surface area contributed by atoms with Crippen LogP contribution in [-0.2, 0) is 23.0 Å². The van der Waals surface area contributed by atoms with Crippen LogP contribution in [0.5, 0.6) is 0 Å². The summed E-state index contributed by atoms with van der Waals surface area (Å²) in [6.07, 6.45) is 1.90. The number of benzene rings is 3. The standard InChI is InChI=1S/C23H22N2O3S/c1-29(27,28)25-14-13-19-11-12-22(15-21(19)16-25)24-23(26)20-9-7-18(8-10-20)17-5-3-2-4-6-17/h2-12,15H,13-14,16H2,1H3,(H,24,26). The lowest BCUT2D eigenvalue weighted by atomic mass is 10.0. The maximum Gasteiger partial charge on any atom is 0.255 e. The van der Waals surface area contributed by atoms with Crippen LogP contribution in [0.25, 0.3) is 11.1 Å². The molecule has 0 saturated heterocycles. The molecule has 0 saturated carbocycles. The second kappa shape index (κ2) is 7.81. The highest BCUT2D eigenvalue weighted by Gasteiger charge is 2.23. The molecular formula is C23H22N2O3S. The number of hydrogen-bond donors (Lipinski definition) is 1. The summed E-state index contributed by atoms with van der Waals surface area (Å²) >= 11 is 0. The van der Waals surface area contributed by atoms with Gasteiger partial charge in [-0.2, -0.15) is 4.31 Å². The molecule has 0 fully saturated rings. The summed E-state index contributed by atoms with van der Waals surface area (Å²) in [4.78, 5) is 12.6. The SMILES string of the molecule is CS(=O)(=O)N1CCc2ccc(NC(=O)c3ccc(-c4ccccc4)cc3)cc2C1. The van der Waals surface area contributed by atoms with Crippen LogP contribution in [0.3, 0.4) is 0 Å². The summed E-state index contributed by atoms with van der Waals surface area (Å²) < 4.78 is 25.1. The third-order valence-electron chi connectivity index (χ3n) is 5.16. The predicted octanol–water partition coefficient (Wildman–Crippen LogP) is 3.92. The summed E-state index contributed by atoms with van der Waals surface area (Å²) in [5.74, 6) is -0.194. The van der Waals surface area contributed by atoms with Crippen molar-refractivity contribution >= 4 is 21.6 Å². The molecule has 29 heavy (non-hydrogen) atoms. The van der Waals surface area contributed by atoms with Gasteiger partial charge < -0.3 is 5.32 Å². The Balaban J connectivity index is 1.49. The molecule has 0 unspecified atom stereocenters. The fourth-order valence-electron chi connectivity index (χ4n) is 3.54. The summed E-state index contributed by atoms with van der Waals surface area (Å²) in [6, 6.07) is 23.2. The topological polar surface area (TPSA) is 66.5 Å². The number of anilines is 1. The number of nitrogens with zero attached hydrogens (tertiary/aromatic N) is 1. The van der Waals surface area contributed by atoms with Crippen molar-refractivity contribution in [1.29, 1.82) is 0 Å². The Morgan fingerprint density at radius 1 is 0.897 bits per heavy atom. The molecule has 1 heterocycles. The molecule has 3 aromatic carbocycles. The van der Waals surface area contributed by atoms with Gasteiger partial charge in [0.1, 0.15) is 0 Å². The first-order chi connectivity index (χ1) is 13.9. The zero-order valence-corrected chi connectivity index (χ0v) is 16.9. The van der Waals surface area contributed by atoms with Crippen LogP contribution in [0.1, 0.15) is 21.5 Å². The van der Waals surface area contributed by atoms with Crippen LogP contribution in [0.4, 0.5) is 5.69 Å². The van der Waals surface area contributed by atoms with Gasteiger partial charge in [0.25, 0.3) is 5.91 Å². The van der Waals surface area contributed by atoms with Crippen LogP contribution in [0.2, 0.25) is 0 Å². The Morgan fingerprint density at radius 2 is 1.59 bits per heavy atom. The lowest BCUT2D eigenvalue weighted by Crippen LogP contribution is -2.35. The minimum atomic E-state index is -3.23. The summed E-state index contributed by atoms with van der Waals surface area (Å²) in [6.45, 7) is 0.828. The van der Waals surface area contributed by atoms with Gasteiger partial charge in [-0.05, 0) is 52.9 Å². The van der Waals surface area contributed by atoms with Crippen molar-refractivity contribution in [1.82, 2.24) is 4.31 Å². The van der Waals surface area contributed by atoms with E-state index >= 15 is 0 Å². The molecule has 0 aliphatic carbocycles. The number of nitrogens with one attached hydrogen (secondary N) is 1. The molecule has 0 aromatic heterocycles. The number of carbonyl (C=O) groups is 1. The van der Waals surface area contributed by atoms with Gasteiger partial charge in [-0.25, -0.2) is 8.42 Å². The van der Waals surface area contributed by atoms with E-state index in [4.69, 9.17) is 0 Å². The minimum absolute atomic E-state index is 0.194. The van der Waals surface area contributed by atoms with Gasteiger partial charge in [0.05, 0.1) is 6.26 Å². The number of sulfonamides is 1. The molecule has 148 valence electrons. The molecule has 1 aliphatic heterocycles. The van der Waals surface area contributed by atoms with E-state index in [1.165, 1.54) is 10.6 Å². The highest BCUT2D eigenvalue weighted by molar-refractivity contribution is 7.88. The Morgan fingerprint density at radius 3 is 2.28 bits per heavy atom. The molecule has 5 nitrogen and oxygen atoms in total. The van der Waals surface area contributed by atoms with Crippen molar-refractivity contribution in [3.63, 3.8) is 0 Å². The molecule has 1 aliphatic rings. The van der Waals surface area contributed by atoms with Gasteiger partial charge >= 0.3 is 0 Å². The first kappa shape index (κ1) is 19.4. The third kappa shape index (κ3) is 4.39. The van der Waals surface area contributed by atoms with E-state index in [-0.39, 0.29) is 5.91 Å². The molecule has 0 radical (unpaired) electrons. The van der Waals surface area contributed by atoms with E-state index in [0.29, 0.717) is 30.8 Å². The van der Waals surface area contributed by atoms with Crippen LogP contribution < -0.4 is 5.32 Å². The van der Waals surface area contributed by atoms with Crippen molar-refractivity contribution in [2.45, 2.75) is 13.0 Å². The number of amides is 1. The Labute approximate surface area is 171 Å². The molecule has 1 amide bonds. The van der Waals surface area contributed by atoms with E-state index < -0.39 is 10.0 Å². The second-order valence-electron chi connectivity index (χ2n) is 7.23. The van der Waals surface area contributed by atoms with Crippen molar-refractivity contribution in [2.75, 3.05) is 18.1 Å². The first-order valence-corrected chi connectivity index (χ1v) is 11.3. The number of rotatable bonds is 4. The number of carbonyl (C=O) groups excluding carboxylic acids is 1. The average molecular weight is 407 g/mol. The highest BCUT2D eigenvalue weighted by atomic mass is 32.2. The average Bonchev–Trinajstić information content (AvgIpc) is 2.73. The normalized spacial score (nSPS) is 14.2. The van der Waals surface area contributed by atoms with Gasteiger partial charge in [0, 0.05) is 24.3 Å². The Kier molecular flexibility index (Phi) is 5.22. The Hall–Kier alpha value is -2.96. The number of hydrogen-bond acceptors (Lipinski definition) is 3. The predicted molar refractivity (Wildman–Crippen MR) is 115 cm³/mol. The molecule has 1 N–H and O–H groups in total. The Bertz CT molecular complexity index is 1140. The van der Waals surface area contributed by atoms with Gasteiger partial charge in [0.15, 0.2) is 0 Å². The third-order valence-corrected chi connectivity index (χ3v) is 6.41. The molecule has 3 aromatic rings. The summed E-state index contributed by atoms with van der Waals surface area (Å²) in [5, 5.41) is 2.91. The van der Waals surface area contributed by atoms with Crippen LogP contribution in [0.15, 0.2) is 72.8 Å². The lowest BCUT2D eigenvalue weighted by Gasteiger charge is -2.27. The van der Waals surface area contributed by atoms with Crippen molar-refractivity contribution < 1.29 is 13.2 Å². The molecule has 0 atom stereocenters. The van der Waals surface area contributed by atoms with E-state index in [2.05, 4.69) is 5.32 Å². The van der Waals surface area contributed by atoms with Crippen molar-refractivity contribution in [3.8, 4) is 11.1 Å². The quantitative estimate of drug-likeness (QED) is 0.714. The maximum absolute atomic E-state index is 12.6. The molecule has 0 spiro atoms. The molecule has 4 rings (SSSR count). The van der Waals surface area contributed by atoms with Crippen LogP contribution >= 0.6 is 0 Å². The van der Waals surface area contributed by atoms with Gasteiger partial charge in [-0.1, -0.05) is 48.5 Å². The minimum Gasteiger partial charge on any atom is -0.322 e. The molecular weight excluding hydrogens is 384 g/mol. The van der Waals surface area contributed by atoms with E-state index in [0.717, 1.165) is 22.3 Å². The highest BCUT2D eigenvalue weighted by Crippen LogP contribution is 2.25. The van der Waals surface area contributed by atoms with E-state index in [1.807, 2.05) is 72.8 Å². The fourth-order valence-corrected chi connectivity index (χ4v) is 4.34. The van der Waals surface area contributed by atoms with Crippen molar-refractivity contribution in [3.05, 3.63) is 89.5 Å². The van der Waals surface area contributed by atoms with Crippen LogP contribution in [-0.4, -0.2) is 31.4 Å². The summed E-state index contributed by atoms with van der Waals surface area (Å²) in [5.41, 5.74) is 5.44. The van der Waals surface area contributed by atoms with Gasteiger partial charge in [-0.15, -0.1) is 0 Å². The molecule has 0 bridgehead atoms. The number of fused-ring (bicyclic) bond motifs is 1. The van der Waals surface area contributed by atoms with Gasteiger partial charge in [0.2, 0.25) is 10.0 Å². The van der Waals surface area contributed by atoms with E-state index in [9.17, 15) is 13.2 Å². The molecule has 6 heteroatoms. The second-order valence-corrected chi connectivity index (χ2v) is 9.21. The zero-order valence-electron chi connectivity index (χ0n) is 16.1. The summed E-state index contributed by atoms with van der Waals surface area (Å²) in [7, 11) is -3.23. The van der Waals surface area contributed by atoms with E-state index in [1.54, 1.807) is 0 Å². The largest absolute Gasteiger partial charge is 0.322 e. The lowest BCUT2D eigenvalue weighted by molar-refractivity contribution is 0.102. The maximum atomic E-state index is 12.6. The first-order valence-electron chi connectivity index (χ1n) is 9.44. The van der Waals surface area contributed by atoms with Crippen molar-refractivity contribution in [2.24, 2.45) is 0 Å². The van der Waals surface area contributed by atoms with Gasteiger partial charge in [-0.3, -0.25) is 4.79 Å².